The zero-order chi connectivity index (χ0) is 48.8. The molecule has 12 nitrogen and oxygen atoms in total. The summed E-state index contributed by atoms with van der Waals surface area (Å²) in [6.07, 6.45) is 14.3. The molecule has 6 rings (SSSR count). The molecule has 6 saturated heterocycles. The number of carbonyl (C=O) groups is 6. The van der Waals surface area contributed by atoms with E-state index < -0.39 is 0 Å². The topological polar surface area (TPSA) is 122 Å². The Kier molecular flexibility index (Phi) is 22.7. The van der Waals surface area contributed by atoms with Crippen molar-refractivity contribution in [3.05, 3.63) is 0 Å². The van der Waals surface area contributed by atoms with Crippen LogP contribution in [0.4, 0.5) is 0 Å². The lowest BCUT2D eigenvalue weighted by Gasteiger charge is -2.38. The van der Waals surface area contributed by atoms with Crippen LogP contribution in [0.3, 0.4) is 0 Å². The molecular formula is C51H96N6O6. The van der Waals surface area contributed by atoms with Gasteiger partial charge < -0.3 is 9.80 Å². The Balaban J connectivity index is 0.000000379. The Labute approximate surface area is 386 Å². The van der Waals surface area contributed by atoms with Crippen molar-refractivity contribution in [1.29, 1.82) is 0 Å². The summed E-state index contributed by atoms with van der Waals surface area (Å²) in [5.41, 5.74) is 0.182. The van der Waals surface area contributed by atoms with E-state index in [9.17, 15) is 28.8 Å². The van der Waals surface area contributed by atoms with E-state index >= 15 is 0 Å². The third-order valence-corrected chi connectivity index (χ3v) is 12.0. The summed E-state index contributed by atoms with van der Waals surface area (Å²) in [5.74, 6) is 0.499. The Morgan fingerprint density at radius 2 is 0.524 bits per heavy atom. The number of hydrogen-bond donors (Lipinski definition) is 0. The second-order valence-corrected chi connectivity index (χ2v) is 24.0. The van der Waals surface area contributed by atoms with E-state index in [0.29, 0.717) is 55.0 Å². The summed E-state index contributed by atoms with van der Waals surface area (Å²) in [6, 6.07) is 0. The van der Waals surface area contributed by atoms with Crippen molar-refractivity contribution >= 4 is 35.4 Å². The van der Waals surface area contributed by atoms with Gasteiger partial charge in [0.25, 0.3) is 0 Å². The van der Waals surface area contributed by atoms with Gasteiger partial charge in [0, 0.05) is 84.8 Å². The van der Waals surface area contributed by atoms with Gasteiger partial charge in [0.2, 0.25) is 35.4 Å². The zero-order valence-corrected chi connectivity index (χ0v) is 44.0. The van der Waals surface area contributed by atoms with Gasteiger partial charge in [-0.3, -0.25) is 48.4 Å². The molecule has 0 aromatic rings. The van der Waals surface area contributed by atoms with Crippen molar-refractivity contribution in [1.82, 2.24) is 29.4 Å². The number of likely N-dealkylation sites (tertiary alicyclic amines) is 6. The van der Waals surface area contributed by atoms with Gasteiger partial charge in [-0.2, -0.15) is 0 Å². The van der Waals surface area contributed by atoms with Crippen molar-refractivity contribution in [2.45, 2.75) is 254 Å². The third kappa shape index (κ3) is 20.9. The van der Waals surface area contributed by atoms with Gasteiger partial charge in [-0.1, -0.05) is 6.42 Å². The second kappa shape index (κ2) is 24.6. The predicted molar refractivity (Wildman–Crippen MR) is 258 cm³/mol. The minimum atomic E-state index is -0.353. The van der Waals surface area contributed by atoms with E-state index in [0.717, 1.165) is 38.8 Å². The fourth-order valence-electron chi connectivity index (χ4n) is 8.65. The van der Waals surface area contributed by atoms with Crippen molar-refractivity contribution in [3.8, 4) is 0 Å². The van der Waals surface area contributed by atoms with Gasteiger partial charge in [-0.15, -0.1) is 0 Å². The molecule has 0 aromatic heterocycles. The fraction of sp³-hybridized carbons (Fsp3) is 0.882. The lowest BCUT2D eigenvalue weighted by Crippen LogP contribution is -2.51. The molecule has 366 valence electrons. The van der Waals surface area contributed by atoms with Crippen LogP contribution in [0.15, 0.2) is 0 Å². The number of amides is 6. The summed E-state index contributed by atoms with van der Waals surface area (Å²) in [5, 5.41) is 0. The largest absolute Gasteiger partial charge is 0.338 e. The SMILES string of the molecule is CC(C)(C)N1C(=O)CCC1=O.CC(C)(C)N1C(=O)CCCC1=O.CC(C)(C)N1CCCC1.CC(C)(C)N1CCCC1=O.CC(C)(C)N1CCCCC1.CC(C)(C)N1CCCCC1=O. The second-order valence-electron chi connectivity index (χ2n) is 24.0. The van der Waals surface area contributed by atoms with Crippen LogP contribution in [0.5, 0.6) is 0 Å². The van der Waals surface area contributed by atoms with Crippen LogP contribution in [0, 0.1) is 0 Å². The van der Waals surface area contributed by atoms with Crippen LogP contribution in [-0.2, 0) is 28.8 Å². The Morgan fingerprint density at radius 1 is 0.254 bits per heavy atom. The number of piperidine rings is 3. The molecule has 6 aliphatic heterocycles. The van der Waals surface area contributed by atoms with Crippen molar-refractivity contribution in [2.24, 2.45) is 0 Å². The maximum atomic E-state index is 11.4. The lowest BCUT2D eigenvalue weighted by molar-refractivity contribution is -0.154. The zero-order valence-electron chi connectivity index (χ0n) is 44.0. The molecule has 0 spiro atoms. The monoisotopic (exact) mass is 889 g/mol. The minimum Gasteiger partial charge on any atom is -0.338 e. The highest BCUT2D eigenvalue weighted by Gasteiger charge is 2.37. The van der Waals surface area contributed by atoms with E-state index in [2.05, 4.69) is 92.9 Å². The van der Waals surface area contributed by atoms with Gasteiger partial charge in [0.1, 0.15) is 0 Å². The molecule has 6 fully saturated rings. The molecule has 0 aromatic carbocycles. The van der Waals surface area contributed by atoms with Crippen LogP contribution in [0.1, 0.15) is 221 Å². The summed E-state index contributed by atoms with van der Waals surface area (Å²) in [6.45, 7) is 44.7. The lowest BCUT2D eigenvalue weighted by atomic mass is 10.00. The number of hydrogen-bond acceptors (Lipinski definition) is 8. The van der Waals surface area contributed by atoms with Crippen LogP contribution in [0.2, 0.25) is 0 Å². The average molecular weight is 889 g/mol. The molecular weight excluding hydrogens is 793 g/mol. The predicted octanol–water partition coefficient (Wildman–Crippen LogP) is 9.61. The first-order chi connectivity index (χ1) is 28.6. The molecule has 0 aliphatic carbocycles. The normalized spacial score (nSPS) is 21.0. The summed E-state index contributed by atoms with van der Waals surface area (Å²) in [7, 11) is 0. The standard InChI is InChI=1S/C9H15NO2.C9H17NO.C9H19N.C8H13NO2.C8H15NO.C8H17N/c1-9(2,3)10-7(11)5-4-6-8(10)12;1-9(2,3)10-7-5-4-6-8(10)11;1-9(2,3)10-7-5-4-6-8-10;1-8(2,3)9-6(10)4-5-7(9)11;1-8(2,3)9-6-4-5-7(9)10;1-8(2,3)9-6-4-5-7-9/h4-6H2,1-3H3;4-7H2,1-3H3;4-8H2,1-3H3;4-5H2,1-3H3;4-6H2,1-3H3;4-7H2,1-3H3. The molecule has 6 amide bonds. The molecule has 12 heteroatoms. The molecule has 0 atom stereocenters. The highest BCUT2D eigenvalue weighted by atomic mass is 16.2. The van der Waals surface area contributed by atoms with Crippen LogP contribution in [-0.4, -0.2) is 137 Å². The quantitative estimate of drug-likeness (QED) is 0.221. The van der Waals surface area contributed by atoms with Gasteiger partial charge in [0.15, 0.2) is 0 Å². The molecule has 6 aliphatic rings. The van der Waals surface area contributed by atoms with E-state index in [4.69, 9.17) is 0 Å². The number of rotatable bonds is 0. The summed E-state index contributed by atoms with van der Waals surface area (Å²) >= 11 is 0. The first kappa shape index (κ1) is 58.2. The molecule has 0 saturated carbocycles. The molecule has 0 radical (unpaired) electrons. The third-order valence-electron chi connectivity index (χ3n) is 12.0. The summed E-state index contributed by atoms with van der Waals surface area (Å²) in [4.78, 5) is 79.3. The average Bonchev–Trinajstić information content (AvgIpc) is 3.90. The smallest absolute Gasteiger partial charge is 0.230 e. The molecule has 0 N–H and O–H groups in total. The van der Waals surface area contributed by atoms with Crippen LogP contribution in [0.25, 0.3) is 0 Å². The number of nitrogens with zero attached hydrogens (tertiary/aromatic N) is 6. The number of carbonyl (C=O) groups excluding carboxylic acids is 6. The van der Waals surface area contributed by atoms with Gasteiger partial charge >= 0.3 is 0 Å². The molecule has 0 unspecified atom stereocenters. The molecule has 0 bridgehead atoms. The first-order valence-electron chi connectivity index (χ1n) is 24.4. The van der Waals surface area contributed by atoms with Crippen molar-refractivity contribution in [3.63, 3.8) is 0 Å². The minimum absolute atomic E-state index is 0.0253. The van der Waals surface area contributed by atoms with Gasteiger partial charge in [-0.25, -0.2) is 0 Å². The first-order valence-corrected chi connectivity index (χ1v) is 24.4. The van der Waals surface area contributed by atoms with Crippen molar-refractivity contribution in [2.75, 3.05) is 39.3 Å². The number of imide groups is 2. The highest BCUT2D eigenvalue weighted by molar-refractivity contribution is 6.02. The Morgan fingerprint density at radius 3 is 0.762 bits per heavy atom. The maximum absolute atomic E-state index is 11.4. The van der Waals surface area contributed by atoms with Gasteiger partial charge in [0.05, 0.1) is 0 Å². The van der Waals surface area contributed by atoms with E-state index in [-0.39, 0.29) is 45.8 Å². The molecule has 6 heterocycles. The highest BCUT2D eigenvalue weighted by Crippen LogP contribution is 2.25. The fourth-order valence-corrected chi connectivity index (χ4v) is 8.65. The van der Waals surface area contributed by atoms with E-state index in [1.165, 1.54) is 74.5 Å². The Hall–Kier alpha value is -2.86. The summed E-state index contributed by atoms with van der Waals surface area (Å²) < 4.78 is 0. The molecule has 63 heavy (non-hydrogen) atoms. The van der Waals surface area contributed by atoms with E-state index in [1.54, 1.807) is 0 Å². The Bertz CT molecular complexity index is 1440. The van der Waals surface area contributed by atoms with Crippen LogP contribution < -0.4 is 0 Å². The van der Waals surface area contributed by atoms with Crippen LogP contribution >= 0.6 is 0 Å². The van der Waals surface area contributed by atoms with Gasteiger partial charge in [-0.05, 0) is 202 Å². The van der Waals surface area contributed by atoms with Crippen molar-refractivity contribution < 1.29 is 28.8 Å². The maximum Gasteiger partial charge on any atom is 0.230 e. The van der Waals surface area contributed by atoms with E-state index in [1.807, 2.05) is 51.3 Å².